The minimum atomic E-state index is -0.613. The molecule has 0 unspecified atom stereocenters. The van der Waals surface area contributed by atoms with Crippen molar-refractivity contribution in [1.29, 1.82) is 0 Å². The molecular weight excluding hydrogens is 474 g/mol. The fourth-order valence-electron chi connectivity index (χ4n) is 6.12. The van der Waals surface area contributed by atoms with Gasteiger partial charge in [-0.25, -0.2) is 0 Å². The Kier molecular flexibility index (Phi) is 5.95. The highest BCUT2D eigenvalue weighted by atomic mass is 16.5. The highest BCUT2D eigenvalue weighted by Crippen LogP contribution is 2.47. The number of rotatable bonds is 6. The fraction of sp³-hybridized carbons (Fsp3) is 0.429. The number of fused-ring (bicyclic) bond motifs is 4. The summed E-state index contributed by atoms with van der Waals surface area (Å²) in [4.78, 5) is 34.7. The summed E-state index contributed by atoms with van der Waals surface area (Å²) in [7, 11) is 4.69. The lowest BCUT2D eigenvalue weighted by Gasteiger charge is -2.47. The molecule has 2 aromatic carbocycles. The third-order valence-corrected chi connectivity index (χ3v) is 7.79. The number of hydrogen-bond donors (Lipinski definition) is 1. The van der Waals surface area contributed by atoms with Crippen LogP contribution in [0, 0.1) is 0 Å². The number of piperazine rings is 1. The van der Waals surface area contributed by atoms with E-state index in [9.17, 15) is 9.59 Å². The molecule has 2 saturated heterocycles. The number of aromatic amines is 1. The number of amides is 2. The van der Waals surface area contributed by atoms with Crippen LogP contribution in [0.4, 0.5) is 0 Å². The topological polar surface area (TPSA) is 93.3 Å². The van der Waals surface area contributed by atoms with Crippen LogP contribution in [0.3, 0.4) is 0 Å². The number of hydrogen-bond acceptors (Lipinski definition) is 6. The van der Waals surface area contributed by atoms with E-state index in [0.29, 0.717) is 36.8 Å². The first-order valence-electron chi connectivity index (χ1n) is 12.6. The van der Waals surface area contributed by atoms with Crippen molar-refractivity contribution in [2.45, 2.75) is 37.5 Å². The van der Waals surface area contributed by atoms with Gasteiger partial charge in [-0.3, -0.25) is 9.59 Å². The van der Waals surface area contributed by atoms with Crippen LogP contribution in [0.15, 0.2) is 36.4 Å². The van der Waals surface area contributed by atoms with Gasteiger partial charge in [0.25, 0.3) is 0 Å². The molecule has 1 aromatic heterocycles. The van der Waals surface area contributed by atoms with Crippen LogP contribution in [0.2, 0.25) is 0 Å². The molecule has 0 radical (unpaired) electrons. The molecule has 2 fully saturated rings. The van der Waals surface area contributed by atoms with Crippen molar-refractivity contribution in [3.05, 3.63) is 53.2 Å². The quantitative estimate of drug-likeness (QED) is 0.554. The average molecular weight is 506 g/mol. The predicted molar refractivity (Wildman–Crippen MR) is 136 cm³/mol. The molecule has 3 atom stereocenters. The molecular formula is C28H31N3O6. The molecule has 194 valence electrons. The van der Waals surface area contributed by atoms with Gasteiger partial charge in [0.1, 0.15) is 6.04 Å². The summed E-state index contributed by atoms with van der Waals surface area (Å²) < 4.78 is 22.6. The molecule has 0 bridgehead atoms. The van der Waals surface area contributed by atoms with Crippen LogP contribution in [0.1, 0.15) is 35.7 Å². The van der Waals surface area contributed by atoms with Crippen molar-refractivity contribution in [2.24, 2.45) is 0 Å². The largest absolute Gasteiger partial charge is 0.493 e. The molecule has 3 aromatic rings. The molecule has 9 heteroatoms. The summed E-state index contributed by atoms with van der Waals surface area (Å²) >= 11 is 0. The van der Waals surface area contributed by atoms with Gasteiger partial charge in [0.05, 0.1) is 40.0 Å². The van der Waals surface area contributed by atoms with Crippen molar-refractivity contribution >= 4 is 22.7 Å². The Bertz CT molecular complexity index is 1340. The predicted octanol–water partition coefficient (Wildman–Crippen LogP) is 3.06. The normalized spacial score (nSPS) is 23.3. The zero-order valence-corrected chi connectivity index (χ0v) is 21.3. The second kappa shape index (κ2) is 9.30. The van der Waals surface area contributed by atoms with Gasteiger partial charge < -0.3 is 33.7 Å². The fourth-order valence-corrected chi connectivity index (χ4v) is 6.12. The van der Waals surface area contributed by atoms with E-state index in [1.54, 1.807) is 31.1 Å². The minimum Gasteiger partial charge on any atom is -0.493 e. The lowest BCUT2D eigenvalue weighted by Crippen LogP contribution is -2.63. The number of ether oxygens (including phenoxy) is 4. The Balaban J connectivity index is 1.49. The van der Waals surface area contributed by atoms with Crippen molar-refractivity contribution in [3.8, 4) is 17.2 Å². The third-order valence-electron chi connectivity index (χ3n) is 7.79. The van der Waals surface area contributed by atoms with Gasteiger partial charge in [-0.15, -0.1) is 0 Å². The van der Waals surface area contributed by atoms with Crippen LogP contribution in [-0.2, 0) is 20.7 Å². The number of H-pyrrole nitrogens is 1. The van der Waals surface area contributed by atoms with E-state index < -0.39 is 12.1 Å². The Morgan fingerprint density at radius 3 is 2.49 bits per heavy atom. The number of nitrogens with one attached hydrogen (secondary N) is 1. The Morgan fingerprint density at radius 2 is 1.81 bits per heavy atom. The molecule has 6 rings (SSSR count). The molecule has 1 N–H and O–H groups in total. The number of para-hydroxylation sites is 1. The van der Waals surface area contributed by atoms with E-state index >= 15 is 0 Å². The van der Waals surface area contributed by atoms with Gasteiger partial charge in [0.2, 0.25) is 17.6 Å². The molecule has 37 heavy (non-hydrogen) atoms. The van der Waals surface area contributed by atoms with Crippen LogP contribution in [0.5, 0.6) is 17.2 Å². The second-order valence-electron chi connectivity index (χ2n) is 9.80. The number of carbonyl (C=O) groups excluding carboxylic acids is 2. The van der Waals surface area contributed by atoms with Gasteiger partial charge in [-0.1, -0.05) is 18.2 Å². The number of methoxy groups -OCH3 is 3. The number of aromatic nitrogens is 1. The van der Waals surface area contributed by atoms with E-state index in [4.69, 9.17) is 18.9 Å². The van der Waals surface area contributed by atoms with Crippen molar-refractivity contribution in [2.75, 3.05) is 41.0 Å². The summed E-state index contributed by atoms with van der Waals surface area (Å²) in [6.07, 6.45) is 2.33. The van der Waals surface area contributed by atoms with Crippen LogP contribution in [-0.4, -0.2) is 79.8 Å². The maximum Gasteiger partial charge on any atom is 0.246 e. The summed E-state index contributed by atoms with van der Waals surface area (Å²) in [5, 5.41) is 1.06. The first-order valence-corrected chi connectivity index (χ1v) is 12.6. The number of nitrogens with zero attached hydrogens (tertiary/aromatic N) is 2. The third kappa shape index (κ3) is 3.80. The molecule has 0 spiro atoms. The lowest BCUT2D eigenvalue weighted by atomic mass is 9.86. The van der Waals surface area contributed by atoms with Crippen LogP contribution in [0.25, 0.3) is 10.9 Å². The first-order chi connectivity index (χ1) is 18.0. The molecule has 0 aliphatic carbocycles. The molecule has 3 aliphatic rings. The smallest absolute Gasteiger partial charge is 0.246 e. The maximum atomic E-state index is 13.9. The number of carbonyl (C=O) groups is 2. The van der Waals surface area contributed by atoms with Crippen LogP contribution < -0.4 is 14.2 Å². The zero-order chi connectivity index (χ0) is 25.7. The number of benzene rings is 2. The highest BCUT2D eigenvalue weighted by Gasteiger charge is 2.49. The summed E-state index contributed by atoms with van der Waals surface area (Å²) in [6, 6.07) is 10.6. The van der Waals surface area contributed by atoms with Gasteiger partial charge in [-0.05, 0) is 42.2 Å². The summed E-state index contributed by atoms with van der Waals surface area (Å²) in [5.74, 6) is 1.33. The van der Waals surface area contributed by atoms with E-state index in [1.165, 1.54) is 0 Å². The Morgan fingerprint density at radius 1 is 1.05 bits per heavy atom. The van der Waals surface area contributed by atoms with E-state index in [1.807, 2.05) is 30.3 Å². The zero-order valence-electron chi connectivity index (χ0n) is 21.3. The van der Waals surface area contributed by atoms with Gasteiger partial charge in [0.15, 0.2) is 11.5 Å². The molecule has 0 saturated carbocycles. The lowest BCUT2D eigenvalue weighted by molar-refractivity contribution is -0.159. The highest BCUT2D eigenvalue weighted by molar-refractivity contribution is 5.97. The maximum absolute atomic E-state index is 13.9. The van der Waals surface area contributed by atoms with E-state index in [0.717, 1.165) is 40.6 Å². The first kappa shape index (κ1) is 23.7. The van der Waals surface area contributed by atoms with Gasteiger partial charge in [0, 0.05) is 36.2 Å². The van der Waals surface area contributed by atoms with Crippen molar-refractivity contribution in [1.82, 2.24) is 14.8 Å². The summed E-state index contributed by atoms with van der Waals surface area (Å²) in [6.45, 7) is 1.19. The van der Waals surface area contributed by atoms with Gasteiger partial charge in [-0.2, -0.15) is 0 Å². The molecule has 9 nitrogen and oxygen atoms in total. The Hall–Kier alpha value is -3.72. The average Bonchev–Trinajstić information content (AvgIpc) is 3.57. The minimum absolute atomic E-state index is 0.0125. The molecule has 3 aliphatic heterocycles. The second-order valence-corrected chi connectivity index (χ2v) is 9.80. The van der Waals surface area contributed by atoms with Crippen molar-refractivity contribution < 1.29 is 28.5 Å². The standard InChI is InChI=1S/C28H31N3O6/c1-34-22-11-16(12-23(35-2)27(22)36-3)26-25-19(18-8-4-5-9-20(18)29-25)13-21-28(33)30(15-24(32)31(21)26)14-17-7-6-10-37-17/h4-5,8-9,11-12,17,21,26,29H,6-7,10,13-15H2,1-3H3/t17-,21+,26+/m0/s1. The van der Waals surface area contributed by atoms with E-state index in [2.05, 4.69) is 11.1 Å². The van der Waals surface area contributed by atoms with Gasteiger partial charge >= 0.3 is 0 Å². The van der Waals surface area contributed by atoms with Crippen LogP contribution >= 0.6 is 0 Å². The monoisotopic (exact) mass is 505 g/mol. The van der Waals surface area contributed by atoms with E-state index in [-0.39, 0.29) is 24.5 Å². The van der Waals surface area contributed by atoms with Crippen molar-refractivity contribution in [3.63, 3.8) is 0 Å². The summed E-state index contributed by atoms with van der Waals surface area (Å²) in [5.41, 5.74) is 3.71. The SMILES string of the molecule is COc1cc([C@@H]2c3[nH]c4ccccc4c3C[C@@H]3C(=O)N(C[C@@H]4CCCO4)CC(=O)N23)cc(OC)c1OC. The Labute approximate surface area is 215 Å². The molecule has 2 amide bonds. The molecule has 4 heterocycles.